The average molecular weight is 263 g/mol. The summed E-state index contributed by atoms with van der Waals surface area (Å²) in [7, 11) is 0. The van der Waals surface area contributed by atoms with Crippen molar-refractivity contribution < 1.29 is 4.79 Å². The van der Waals surface area contributed by atoms with Gasteiger partial charge in [-0.05, 0) is 52.3 Å². The summed E-state index contributed by atoms with van der Waals surface area (Å²) in [6.45, 7) is 9.14. The van der Waals surface area contributed by atoms with Crippen molar-refractivity contribution in [3.05, 3.63) is 29.8 Å². The molecule has 0 fully saturated rings. The molecule has 0 saturated heterocycles. The summed E-state index contributed by atoms with van der Waals surface area (Å²) in [4.78, 5) is 14.2. The predicted octanol–water partition coefficient (Wildman–Crippen LogP) is 2.66. The highest BCUT2D eigenvalue weighted by molar-refractivity contribution is 5.93. The zero-order valence-electron chi connectivity index (χ0n) is 12.4. The number of anilines is 1. The van der Waals surface area contributed by atoms with Gasteiger partial charge in [-0.2, -0.15) is 0 Å². The number of nitrogens with one attached hydrogen (secondary N) is 1. The molecule has 106 valence electrons. The lowest BCUT2D eigenvalue weighted by atomic mass is 10.1. The van der Waals surface area contributed by atoms with Gasteiger partial charge in [0.15, 0.2) is 0 Å². The molecule has 0 aliphatic rings. The molecule has 4 nitrogen and oxygen atoms in total. The van der Waals surface area contributed by atoms with Gasteiger partial charge in [0.1, 0.15) is 0 Å². The van der Waals surface area contributed by atoms with Crippen LogP contribution in [-0.4, -0.2) is 24.7 Å². The first-order valence-corrected chi connectivity index (χ1v) is 6.70. The second-order valence-electron chi connectivity index (χ2n) is 5.76. The molecule has 0 bridgehead atoms. The summed E-state index contributed by atoms with van der Waals surface area (Å²) in [5.41, 5.74) is 7.34. The minimum Gasteiger partial charge on any atom is -0.333 e. The fourth-order valence-corrected chi connectivity index (χ4v) is 1.84. The van der Waals surface area contributed by atoms with Gasteiger partial charge in [0, 0.05) is 17.8 Å². The van der Waals surface area contributed by atoms with Crippen molar-refractivity contribution in [3.8, 4) is 0 Å². The first kappa shape index (κ1) is 15.5. The van der Waals surface area contributed by atoms with Crippen molar-refractivity contribution in [3.63, 3.8) is 0 Å². The van der Waals surface area contributed by atoms with E-state index in [1.165, 1.54) is 0 Å². The Morgan fingerprint density at radius 2 is 1.95 bits per heavy atom. The van der Waals surface area contributed by atoms with Crippen LogP contribution in [-0.2, 0) is 0 Å². The monoisotopic (exact) mass is 263 g/mol. The van der Waals surface area contributed by atoms with Gasteiger partial charge in [0.05, 0.1) is 0 Å². The molecule has 0 unspecified atom stereocenters. The smallest absolute Gasteiger partial charge is 0.322 e. The van der Waals surface area contributed by atoms with Gasteiger partial charge in [-0.25, -0.2) is 4.79 Å². The van der Waals surface area contributed by atoms with Crippen LogP contribution in [0.25, 0.3) is 0 Å². The van der Waals surface area contributed by atoms with E-state index in [1.54, 1.807) is 4.90 Å². The molecule has 2 amide bonds. The number of hydrogen-bond donors (Lipinski definition) is 2. The van der Waals surface area contributed by atoms with Crippen molar-refractivity contribution in [2.24, 2.45) is 5.73 Å². The maximum absolute atomic E-state index is 12.4. The number of benzene rings is 1. The van der Waals surface area contributed by atoms with Gasteiger partial charge >= 0.3 is 6.03 Å². The summed E-state index contributed by atoms with van der Waals surface area (Å²) >= 11 is 0. The Kier molecular flexibility index (Phi) is 5.36. The number of hydrogen-bond acceptors (Lipinski definition) is 2. The quantitative estimate of drug-likeness (QED) is 0.877. The van der Waals surface area contributed by atoms with Gasteiger partial charge in [0.2, 0.25) is 0 Å². The number of para-hydroxylation sites is 1. The third kappa shape index (κ3) is 4.91. The van der Waals surface area contributed by atoms with Gasteiger partial charge in [0.25, 0.3) is 0 Å². The molecule has 0 aliphatic carbocycles. The van der Waals surface area contributed by atoms with E-state index in [9.17, 15) is 4.79 Å². The molecule has 0 atom stereocenters. The zero-order chi connectivity index (χ0) is 14.5. The average Bonchev–Trinajstić information content (AvgIpc) is 2.29. The molecule has 0 heterocycles. The minimum absolute atomic E-state index is 0.0738. The Labute approximate surface area is 116 Å². The number of urea groups is 1. The summed E-state index contributed by atoms with van der Waals surface area (Å²) in [6, 6.07) is 7.82. The van der Waals surface area contributed by atoms with E-state index < -0.39 is 0 Å². The van der Waals surface area contributed by atoms with Crippen molar-refractivity contribution in [1.82, 2.24) is 5.32 Å². The standard InChI is InChI=1S/C15H25N3O/c1-12-8-5-6-9-13(12)18(11-7-10-16)14(19)17-15(2,3)4/h5-6,8-9H,7,10-11,16H2,1-4H3,(H,17,19). The molecule has 19 heavy (non-hydrogen) atoms. The Balaban J connectivity index is 2.95. The van der Waals surface area contributed by atoms with Crippen LogP contribution in [0.4, 0.5) is 10.5 Å². The van der Waals surface area contributed by atoms with Crippen LogP contribution in [0.5, 0.6) is 0 Å². The van der Waals surface area contributed by atoms with Gasteiger partial charge < -0.3 is 11.1 Å². The van der Waals surface area contributed by atoms with Crippen LogP contribution < -0.4 is 16.0 Å². The molecule has 0 aromatic heterocycles. The van der Waals surface area contributed by atoms with Crippen LogP contribution in [0.2, 0.25) is 0 Å². The Bertz CT molecular complexity index is 424. The Morgan fingerprint density at radius 1 is 1.32 bits per heavy atom. The van der Waals surface area contributed by atoms with Gasteiger partial charge in [-0.15, -0.1) is 0 Å². The molecular weight excluding hydrogens is 238 g/mol. The van der Waals surface area contributed by atoms with Crippen LogP contribution >= 0.6 is 0 Å². The fourth-order valence-electron chi connectivity index (χ4n) is 1.84. The lowest BCUT2D eigenvalue weighted by molar-refractivity contribution is 0.237. The number of nitrogens with two attached hydrogens (primary N) is 1. The van der Waals surface area contributed by atoms with Crippen molar-refractivity contribution in [2.75, 3.05) is 18.0 Å². The van der Waals surface area contributed by atoms with Crippen LogP contribution in [0, 0.1) is 6.92 Å². The largest absolute Gasteiger partial charge is 0.333 e. The molecule has 1 aromatic rings. The topological polar surface area (TPSA) is 58.4 Å². The summed E-state index contributed by atoms with van der Waals surface area (Å²) in [6.07, 6.45) is 0.784. The zero-order valence-corrected chi connectivity index (χ0v) is 12.4. The number of carbonyl (C=O) groups excluding carboxylic acids is 1. The minimum atomic E-state index is -0.249. The maximum atomic E-state index is 12.4. The molecule has 0 aliphatic heterocycles. The number of aryl methyl sites for hydroxylation is 1. The highest BCUT2D eigenvalue weighted by Gasteiger charge is 2.21. The number of carbonyl (C=O) groups is 1. The van der Waals surface area contributed by atoms with Crippen LogP contribution in [0.1, 0.15) is 32.8 Å². The van der Waals surface area contributed by atoms with Crippen molar-refractivity contribution in [1.29, 1.82) is 0 Å². The SMILES string of the molecule is Cc1ccccc1N(CCCN)C(=O)NC(C)(C)C. The third-order valence-corrected chi connectivity index (χ3v) is 2.72. The van der Waals surface area contributed by atoms with Gasteiger partial charge in [-0.1, -0.05) is 18.2 Å². The van der Waals surface area contributed by atoms with E-state index in [0.717, 1.165) is 17.7 Å². The molecular formula is C15H25N3O. The first-order chi connectivity index (χ1) is 8.85. The molecule has 1 rings (SSSR count). The molecule has 0 spiro atoms. The summed E-state index contributed by atoms with van der Waals surface area (Å²) in [5.74, 6) is 0. The van der Waals surface area contributed by atoms with Gasteiger partial charge in [-0.3, -0.25) is 4.90 Å². The Hall–Kier alpha value is -1.55. The first-order valence-electron chi connectivity index (χ1n) is 6.70. The van der Waals surface area contributed by atoms with E-state index in [0.29, 0.717) is 13.1 Å². The van der Waals surface area contributed by atoms with E-state index in [-0.39, 0.29) is 11.6 Å². The fraction of sp³-hybridized carbons (Fsp3) is 0.533. The number of nitrogens with zero attached hydrogens (tertiary/aromatic N) is 1. The normalized spacial score (nSPS) is 11.2. The Morgan fingerprint density at radius 3 is 2.47 bits per heavy atom. The lowest BCUT2D eigenvalue weighted by Crippen LogP contribution is -2.49. The highest BCUT2D eigenvalue weighted by atomic mass is 16.2. The maximum Gasteiger partial charge on any atom is 0.322 e. The molecule has 4 heteroatoms. The predicted molar refractivity (Wildman–Crippen MR) is 80.5 cm³/mol. The number of rotatable bonds is 4. The summed E-state index contributed by atoms with van der Waals surface area (Å²) < 4.78 is 0. The molecule has 0 saturated carbocycles. The van der Waals surface area contributed by atoms with E-state index in [1.807, 2.05) is 52.0 Å². The summed E-state index contributed by atoms with van der Waals surface area (Å²) in [5, 5.41) is 3.00. The second-order valence-corrected chi connectivity index (χ2v) is 5.76. The third-order valence-electron chi connectivity index (χ3n) is 2.72. The number of amides is 2. The van der Waals surface area contributed by atoms with E-state index >= 15 is 0 Å². The van der Waals surface area contributed by atoms with E-state index in [4.69, 9.17) is 5.73 Å². The van der Waals surface area contributed by atoms with Crippen molar-refractivity contribution in [2.45, 2.75) is 39.7 Å². The molecule has 3 N–H and O–H groups in total. The lowest BCUT2D eigenvalue weighted by Gasteiger charge is -2.29. The van der Waals surface area contributed by atoms with E-state index in [2.05, 4.69) is 5.32 Å². The highest BCUT2D eigenvalue weighted by Crippen LogP contribution is 2.20. The van der Waals surface area contributed by atoms with Crippen LogP contribution in [0.3, 0.4) is 0 Å². The molecule has 0 radical (unpaired) electrons. The molecule has 1 aromatic carbocycles. The van der Waals surface area contributed by atoms with Crippen molar-refractivity contribution >= 4 is 11.7 Å². The van der Waals surface area contributed by atoms with Crippen LogP contribution in [0.15, 0.2) is 24.3 Å². The second kappa shape index (κ2) is 6.57.